The van der Waals surface area contributed by atoms with E-state index < -0.39 is 0 Å². The van der Waals surface area contributed by atoms with Gasteiger partial charge >= 0.3 is 0 Å². The zero-order valence-electron chi connectivity index (χ0n) is 11.4. The molecule has 0 saturated carbocycles. The first-order valence-corrected chi connectivity index (χ1v) is 6.88. The van der Waals surface area contributed by atoms with Gasteiger partial charge in [0, 0.05) is 13.2 Å². The first-order valence-electron chi connectivity index (χ1n) is 6.88. The van der Waals surface area contributed by atoms with Crippen molar-refractivity contribution in [2.24, 2.45) is 0 Å². The molecule has 1 N–H and O–H groups in total. The Kier molecular flexibility index (Phi) is 5.21. The van der Waals surface area contributed by atoms with Crippen molar-refractivity contribution >= 4 is 5.91 Å². The van der Waals surface area contributed by atoms with Crippen LogP contribution in [0, 0.1) is 0 Å². The second-order valence-electron chi connectivity index (χ2n) is 4.69. The van der Waals surface area contributed by atoms with Crippen molar-refractivity contribution < 1.29 is 14.3 Å². The van der Waals surface area contributed by atoms with Crippen LogP contribution in [0.15, 0.2) is 24.3 Å². The molecule has 0 bridgehead atoms. The Morgan fingerprint density at radius 1 is 1.42 bits per heavy atom. The molecule has 1 saturated heterocycles. The van der Waals surface area contributed by atoms with Gasteiger partial charge in [0.05, 0.1) is 19.1 Å². The molecule has 1 aromatic carbocycles. The van der Waals surface area contributed by atoms with Crippen LogP contribution in [-0.2, 0) is 16.0 Å². The van der Waals surface area contributed by atoms with Crippen molar-refractivity contribution in [1.29, 1.82) is 0 Å². The number of rotatable bonds is 6. The SMILES string of the molecule is CCOc1ccc(CC(=O)NC[C@H]2CCCO2)cc1. The van der Waals surface area contributed by atoms with E-state index in [1.165, 1.54) is 0 Å². The van der Waals surface area contributed by atoms with Crippen LogP contribution in [-0.4, -0.2) is 31.8 Å². The molecule has 4 nitrogen and oxygen atoms in total. The van der Waals surface area contributed by atoms with Gasteiger partial charge in [-0.3, -0.25) is 4.79 Å². The van der Waals surface area contributed by atoms with Crippen LogP contribution in [0.1, 0.15) is 25.3 Å². The lowest BCUT2D eigenvalue weighted by Gasteiger charge is -2.11. The van der Waals surface area contributed by atoms with Gasteiger partial charge in [0.25, 0.3) is 0 Å². The van der Waals surface area contributed by atoms with Crippen LogP contribution in [0.5, 0.6) is 5.75 Å². The highest BCUT2D eigenvalue weighted by Crippen LogP contribution is 2.13. The van der Waals surface area contributed by atoms with E-state index in [1.54, 1.807) is 0 Å². The summed E-state index contributed by atoms with van der Waals surface area (Å²) < 4.78 is 10.8. The third-order valence-corrected chi connectivity index (χ3v) is 3.15. The third kappa shape index (κ3) is 4.56. The van der Waals surface area contributed by atoms with E-state index in [4.69, 9.17) is 9.47 Å². The van der Waals surface area contributed by atoms with Gasteiger partial charge < -0.3 is 14.8 Å². The molecule has 1 fully saturated rings. The average molecular weight is 263 g/mol. The molecule has 1 heterocycles. The largest absolute Gasteiger partial charge is 0.494 e. The molecule has 0 radical (unpaired) electrons. The van der Waals surface area contributed by atoms with Gasteiger partial charge in [-0.25, -0.2) is 0 Å². The van der Waals surface area contributed by atoms with Crippen molar-refractivity contribution in [2.75, 3.05) is 19.8 Å². The van der Waals surface area contributed by atoms with E-state index in [-0.39, 0.29) is 12.0 Å². The Balaban J connectivity index is 1.74. The lowest BCUT2D eigenvalue weighted by Crippen LogP contribution is -2.32. The molecule has 0 unspecified atom stereocenters. The highest BCUT2D eigenvalue weighted by Gasteiger charge is 2.16. The zero-order valence-corrected chi connectivity index (χ0v) is 11.4. The van der Waals surface area contributed by atoms with Crippen LogP contribution < -0.4 is 10.1 Å². The van der Waals surface area contributed by atoms with Crippen molar-refractivity contribution in [3.8, 4) is 5.75 Å². The van der Waals surface area contributed by atoms with Crippen molar-refractivity contribution in [3.63, 3.8) is 0 Å². The molecule has 0 spiro atoms. The first-order chi connectivity index (χ1) is 9.28. The minimum absolute atomic E-state index is 0.0414. The van der Waals surface area contributed by atoms with Gasteiger partial charge in [0.15, 0.2) is 0 Å². The number of amides is 1. The van der Waals surface area contributed by atoms with Gasteiger partial charge in [0.1, 0.15) is 5.75 Å². The lowest BCUT2D eigenvalue weighted by molar-refractivity contribution is -0.120. The number of carbonyl (C=O) groups excluding carboxylic acids is 1. The smallest absolute Gasteiger partial charge is 0.224 e. The highest BCUT2D eigenvalue weighted by atomic mass is 16.5. The van der Waals surface area contributed by atoms with Crippen LogP contribution in [0.2, 0.25) is 0 Å². The Bertz CT molecular complexity index is 396. The Morgan fingerprint density at radius 2 is 2.21 bits per heavy atom. The second-order valence-corrected chi connectivity index (χ2v) is 4.69. The zero-order chi connectivity index (χ0) is 13.5. The quantitative estimate of drug-likeness (QED) is 0.853. The molecule has 1 atom stereocenters. The van der Waals surface area contributed by atoms with E-state index in [1.807, 2.05) is 31.2 Å². The van der Waals surface area contributed by atoms with E-state index in [0.29, 0.717) is 19.6 Å². The van der Waals surface area contributed by atoms with E-state index in [0.717, 1.165) is 30.8 Å². The summed E-state index contributed by atoms with van der Waals surface area (Å²) in [5.74, 6) is 0.880. The van der Waals surface area contributed by atoms with Crippen LogP contribution in [0.25, 0.3) is 0 Å². The van der Waals surface area contributed by atoms with Crippen LogP contribution >= 0.6 is 0 Å². The van der Waals surface area contributed by atoms with E-state index in [2.05, 4.69) is 5.32 Å². The summed E-state index contributed by atoms with van der Waals surface area (Å²) in [6, 6.07) is 7.64. The third-order valence-electron chi connectivity index (χ3n) is 3.15. The molecule has 104 valence electrons. The maximum atomic E-state index is 11.8. The Morgan fingerprint density at radius 3 is 2.84 bits per heavy atom. The second kappa shape index (κ2) is 7.14. The van der Waals surface area contributed by atoms with Crippen molar-refractivity contribution in [1.82, 2.24) is 5.32 Å². The highest BCUT2D eigenvalue weighted by molar-refractivity contribution is 5.78. The minimum atomic E-state index is 0.0414. The van der Waals surface area contributed by atoms with Gasteiger partial charge in [-0.15, -0.1) is 0 Å². The summed E-state index contributed by atoms with van der Waals surface area (Å²) in [5.41, 5.74) is 0.994. The van der Waals surface area contributed by atoms with Gasteiger partial charge in [0.2, 0.25) is 5.91 Å². The fourth-order valence-electron chi connectivity index (χ4n) is 2.15. The monoisotopic (exact) mass is 263 g/mol. The summed E-state index contributed by atoms with van der Waals surface area (Å²) >= 11 is 0. The van der Waals surface area contributed by atoms with Crippen LogP contribution in [0.3, 0.4) is 0 Å². The predicted octanol–water partition coefficient (Wildman–Crippen LogP) is 1.92. The summed E-state index contributed by atoms with van der Waals surface area (Å²) in [4.78, 5) is 11.8. The Labute approximate surface area is 114 Å². The van der Waals surface area contributed by atoms with Gasteiger partial charge in [-0.1, -0.05) is 12.1 Å². The number of hydrogen-bond donors (Lipinski definition) is 1. The van der Waals surface area contributed by atoms with Gasteiger partial charge in [-0.2, -0.15) is 0 Å². The van der Waals surface area contributed by atoms with Crippen LogP contribution in [0.4, 0.5) is 0 Å². The minimum Gasteiger partial charge on any atom is -0.494 e. The number of benzene rings is 1. The maximum absolute atomic E-state index is 11.8. The number of ether oxygens (including phenoxy) is 2. The predicted molar refractivity (Wildman–Crippen MR) is 73.3 cm³/mol. The van der Waals surface area contributed by atoms with E-state index in [9.17, 15) is 4.79 Å². The molecule has 1 aliphatic rings. The molecular formula is C15H21NO3. The van der Waals surface area contributed by atoms with Crippen molar-refractivity contribution in [2.45, 2.75) is 32.3 Å². The molecular weight excluding hydrogens is 242 g/mol. The number of nitrogens with one attached hydrogen (secondary N) is 1. The van der Waals surface area contributed by atoms with Gasteiger partial charge in [-0.05, 0) is 37.5 Å². The molecule has 1 amide bonds. The lowest BCUT2D eigenvalue weighted by atomic mass is 10.1. The molecule has 4 heteroatoms. The number of carbonyl (C=O) groups is 1. The molecule has 0 aromatic heterocycles. The molecule has 0 aliphatic carbocycles. The molecule has 2 rings (SSSR count). The fraction of sp³-hybridized carbons (Fsp3) is 0.533. The summed E-state index contributed by atoms with van der Waals surface area (Å²) in [6.07, 6.45) is 2.74. The maximum Gasteiger partial charge on any atom is 0.224 e. The topological polar surface area (TPSA) is 47.6 Å². The summed E-state index contributed by atoms with van der Waals surface area (Å²) in [6.45, 7) is 4.04. The first kappa shape index (κ1) is 13.9. The average Bonchev–Trinajstić information content (AvgIpc) is 2.92. The Hall–Kier alpha value is -1.55. The summed E-state index contributed by atoms with van der Waals surface area (Å²) in [7, 11) is 0. The van der Waals surface area contributed by atoms with Crippen molar-refractivity contribution in [3.05, 3.63) is 29.8 Å². The number of hydrogen-bond acceptors (Lipinski definition) is 3. The standard InChI is InChI=1S/C15H21NO3/c1-2-18-13-7-5-12(6-8-13)10-15(17)16-11-14-4-3-9-19-14/h5-8,14H,2-4,9-11H2,1H3,(H,16,17)/t14-/m1/s1. The normalized spacial score (nSPS) is 18.3. The molecule has 1 aromatic rings. The fourth-order valence-corrected chi connectivity index (χ4v) is 2.15. The molecule has 19 heavy (non-hydrogen) atoms. The molecule has 1 aliphatic heterocycles. The van der Waals surface area contributed by atoms with E-state index >= 15 is 0 Å². The summed E-state index contributed by atoms with van der Waals surface area (Å²) in [5, 5.41) is 2.92.